The van der Waals surface area contributed by atoms with Gasteiger partial charge in [0.05, 0.1) is 23.2 Å². The molecule has 0 bridgehead atoms. The SMILES string of the molecule is COCC1CCCN1c1nc2c(Cl)cccc2cc1[C@H](C)c1nc(N)nc(N)n1. The van der Waals surface area contributed by atoms with Gasteiger partial charge in [0.2, 0.25) is 11.9 Å². The van der Waals surface area contributed by atoms with E-state index in [0.717, 1.165) is 41.7 Å². The van der Waals surface area contributed by atoms with Crippen molar-refractivity contribution in [3.8, 4) is 0 Å². The lowest BCUT2D eigenvalue weighted by molar-refractivity contribution is 0.180. The number of hydrogen-bond donors (Lipinski definition) is 2. The Hall–Kier alpha value is -2.71. The zero-order chi connectivity index (χ0) is 20.5. The van der Waals surface area contributed by atoms with Crippen molar-refractivity contribution in [1.82, 2.24) is 19.9 Å². The van der Waals surface area contributed by atoms with Gasteiger partial charge in [-0.1, -0.05) is 30.7 Å². The van der Waals surface area contributed by atoms with Crippen molar-refractivity contribution in [2.24, 2.45) is 0 Å². The van der Waals surface area contributed by atoms with E-state index < -0.39 is 0 Å². The lowest BCUT2D eigenvalue weighted by Gasteiger charge is -2.29. The lowest BCUT2D eigenvalue weighted by Crippen LogP contribution is -2.34. The maximum absolute atomic E-state index is 6.45. The molecule has 0 aliphatic carbocycles. The maximum atomic E-state index is 6.45. The number of hydrogen-bond acceptors (Lipinski definition) is 8. The number of halogens is 1. The summed E-state index contributed by atoms with van der Waals surface area (Å²) in [6, 6.07) is 8.14. The summed E-state index contributed by atoms with van der Waals surface area (Å²) in [7, 11) is 1.72. The smallest absolute Gasteiger partial charge is 0.225 e. The van der Waals surface area contributed by atoms with Crippen molar-refractivity contribution < 1.29 is 4.74 Å². The third-order valence-corrected chi connectivity index (χ3v) is 5.66. The molecule has 0 saturated carbocycles. The molecule has 1 saturated heterocycles. The highest BCUT2D eigenvalue weighted by Gasteiger charge is 2.30. The molecule has 9 heteroatoms. The first-order chi connectivity index (χ1) is 14.0. The number of nitrogen functional groups attached to an aromatic ring is 2. The molecule has 8 nitrogen and oxygen atoms in total. The van der Waals surface area contributed by atoms with Crippen LogP contribution in [0, 0.1) is 0 Å². The fraction of sp³-hybridized carbons (Fsp3) is 0.400. The average Bonchev–Trinajstić information content (AvgIpc) is 3.14. The molecule has 29 heavy (non-hydrogen) atoms. The molecule has 2 atom stereocenters. The molecule has 1 aromatic carbocycles. The van der Waals surface area contributed by atoms with Crippen molar-refractivity contribution in [1.29, 1.82) is 0 Å². The molecule has 4 N–H and O–H groups in total. The van der Waals surface area contributed by atoms with Gasteiger partial charge in [-0.15, -0.1) is 0 Å². The number of rotatable bonds is 5. The van der Waals surface area contributed by atoms with Gasteiger partial charge in [0.1, 0.15) is 11.6 Å². The van der Waals surface area contributed by atoms with Crippen LogP contribution in [-0.4, -0.2) is 46.2 Å². The van der Waals surface area contributed by atoms with Crippen LogP contribution in [0.3, 0.4) is 0 Å². The van der Waals surface area contributed by atoms with Crippen LogP contribution in [0.15, 0.2) is 24.3 Å². The molecule has 1 aliphatic rings. The number of methoxy groups -OCH3 is 1. The summed E-state index contributed by atoms with van der Waals surface area (Å²) in [6.07, 6.45) is 2.13. The molecule has 3 heterocycles. The molecule has 152 valence electrons. The van der Waals surface area contributed by atoms with E-state index in [1.807, 2.05) is 25.1 Å². The summed E-state index contributed by atoms with van der Waals surface area (Å²) < 4.78 is 5.44. The standard InChI is InChI=1S/C20H24ClN7O/c1-11(17-25-19(22)27-20(23)26-17)14-9-12-5-3-7-15(21)16(12)24-18(14)28-8-4-6-13(28)10-29-2/h3,5,7,9,11,13H,4,6,8,10H2,1-2H3,(H4,22,23,25,26,27)/t11-,13?/m0/s1. The Morgan fingerprint density at radius 1 is 1.21 bits per heavy atom. The Bertz CT molecular complexity index is 1020. The molecule has 2 aromatic heterocycles. The fourth-order valence-electron chi connectivity index (χ4n) is 3.96. The van der Waals surface area contributed by atoms with Gasteiger partial charge in [-0.25, -0.2) is 4.98 Å². The predicted octanol–water partition coefficient (Wildman–Crippen LogP) is 3.00. The molecular formula is C20H24ClN7O. The number of fused-ring (bicyclic) bond motifs is 1. The zero-order valence-corrected chi connectivity index (χ0v) is 17.2. The van der Waals surface area contributed by atoms with Crippen molar-refractivity contribution in [2.45, 2.75) is 31.7 Å². The summed E-state index contributed by atoms with van der Waals surface area (Å²) in [5.74, 6) is 1.42. The van der Waals surface area contributed by atoms with Crippen LogP contribution >= 0.6 is 11.6 Å². The number of pyridine rings is 1. The Morgan fingerprint density at radius 2 is 1.97 bits per heavy atom. The number of para-hydroxylation sites is 1. The van der Waals surface area contributed by atoms with Crippen molar-refractivity contribution in [3.63, 3.8) is 0 Å². The second kappa shape index (κ2) is 7.96. The highest BCUT2D eigenvalue weighted by molar-refractivity contribution is 6.35. The number of anilines is 3. The largest absolute Gasteiger partial charge is 0.383 e. The first-order valence-corrected chi connectivity index (χ1v) is 9.97. The van der Waals surface area contributed by atoms with E-state index >= 15 is 0 Å². The minimum atomic E-state index is -0.183. The average molecular weight is 414 g/mol. The normalized spacial score (nSPS) is 17.8. The lowest BCUT2D eigenvalue weighted by atomic mass is 9.98. The highest BCUT2D eigenvalue weighted by Crippen LogP contribution is 2.37. The van der Waals surface area contributed by atoms with E-state index in [9.17, 15) is 0 Å². The van der Waals surface area contributed by atoms with Crippen LogP contribution in [-0.2, 0) is 4.74 Å². The van der Waals surface area contributed by atoms with Crippen molar-refractivity contribution in [2.75, 3.05) is 36.6 Å². The molecule has 1 aliphatic heterocycles. The van der Waals surface area contributed by atoms with Gasteiger partial charge in [0, 0.05) is 30.5 Å². The van der Waals surface area contributed by atoms with E-state index in [2.05, 4.69) is 25.9 Å². The molecule has 1 unspecified atom stereocenters. The van der Waals surface area contributed by atoms with Gasteiger partial charge in [-0.3, -0.25) is 0 Å². The van der Waals surface area contributed by atoms with Gasteiger partial charge in [0.15, 0.2) is 0 Å². The Kier molecular flexibility index (Phi) is 5.38. The monoisotopic (exact) mass is 413 g/mol. The summed E-state index contributed by atoms with van der Waals surface area (Å²) in [5.41, 5.74) is 13.4. The Labute approximate surface area is 174 Å². The predicted molar refractivity (Wildman–Crippen MR) is 115 cm³/mol. The number of ether oxygens (including phenoxy) is 1. The fourth-order valence-corrected chi connectivity index (χ4v) is 4.18. The molecule has 1 fully saturated rings. The van der Waals surface area contributed by atoms with Crippen molar-refractivity contribution >= 4 is 40.2 Å². The number of nitrogens with zero attached hydrogens (tertiary/aromatic N) is 5. The minimum Gasteiger partial charge on any atom is -0.383 e. The second-order valence-corrected chi connectivity index (χ2v) is 7.70. The van der Waals surface area contributed by atoms with Crippen molar-refractivity contribution in [3.05, 3.63) is 40.7 Å². The molecule has 0 amide bonds. The summed E-state index contributed by atoms with van der Waals surface area (Å²) in [5, 5.41) is 1.58. The topological polar surface area (TPSA) is 116 Å². The van der Waals surface area contributed by atoms with Gasteiger partial charge in [0.25, 0.3) is 0 Å². The third-order valence-electron chi connectivity index (χ3n) is 5.35. The third kappa shape index (κ3) is 3.77. The summed E-state index contributed by atoms with van der Waals surface area (Å²) >= 11 is 6.45. The number of benzene rings is 1. The Balaban J connectivity index is 1.89. The minimum absolute atomic E-state index is 0.108. The summed E-state index contributed by atoms with van der Waals surface area (Å²) in [6.45, 7) is 3.56. The molecule has 0 spiro atoms. The second-order valence-electron chi connectivity index (χ2n) is 7.29. The van der Waals surface area contributed by atoms with Crippen LogP contribution in [0.4, 0.5) is 17.7 Å². The van der Waals surface area contributed by atoms with Crippen LogP contribution < -0.4 is 16.4 Å². The van der Waals surface area contributed by atoms with Gasteiger partial charge in [-0.05, 0) is 25.0 Å². The van der Waals surface area contributed by atoms with E-state index in [0.29, 0.717) is 17.5 Å². The number of aromatic nitrogens is 4. The zero-order valence-electron chi connectivity index (χ0n) is 16.5. The van der Waals surface area contributed by atoms with E-state index in [-0.39, 0.29) is 23.9 Å². The van der Waals surface area contributed by atoms with Crippen LogP contribution in [0.2, 0.25) is 5.02 Å². The van der Waals surface area contributed by atoms with Gasteiger partial charge in [-0.2, -0.15) is 15.0 Å². The number of nitrogens with two attached hydrogens (primary N) is 2. The van der Waals surface area contributed by atoms with Crippen LogP contribution in [0.25, 0.3) is 10.9 Å². The van der Waals surface area contributed by atoms with E-state index in [1.165, 1.54) is 0 Å². The van der Waals surface area contributed by atoms with E-state index in [4.69, 9.17) is 32.8 Å². The maximum Gasteiger partial charge on any atom is 0.225 e. The van der Waals surface area contributed by atoms with Gasteiger partial charge >= 0.3 is 0 Å². The Morgan fingerprint density at radius 3 is 2.69 bits per heavy atom. The summed E-state index contributed by atoms with van der Waals surface area (Å²) in [4.78, 5) is 19.8. The van der Waals surface area contributed by atoms with Crippen LogP contribution in [0.1, 0.15) is 37.1 Å². The molecule has 3 aromatic rings. The first-order valence-electron chi connectivity index (χ1n) is 9.59. The molecular weight excluding hydrogens is 390 g/mol. The van der Waals surface area contributed by atoms with Crippen LogP contribution in [0.5, 0.6) is 0 Å². The highest BCUT2D eigenvalue weighted by atomic mass is 35.5. The van der Waals surface area contributed by atoms with Gasteiger partial charge < -0.3 is 21.1 Å². The molecule has 4 rings (SSSR count). The first kappa shape index (κ1) is 19.6. The molecule has 0 radical (unpaired) electrons. The quantitative estimate of drug-likeness (QED) is 0.655. The van der Waals surface area contributed by atoms with E-state index in [1.54, 1.807) is 7.11 Å².